The third kappa shape index (κ3) is 24.2. The maximum Gasteiger partial charge on any atom is 0.408 e. The summed E-state index contributed by atoms with van der Waals surface area (Å²) in [6.45, 7) is 72.7. The number of benzene rings is 2. The van der Waals surface area contributed by atoms with Crippen LogP contribution in [0, 0.1) is 5.92 Å². The third-order valence-corrected chi connectivity index (χ3v) is 51.6. The average Bonchev–Trinajstić information content (AvgIpc) is 1.62. The highest BCUT2D eigenvalue weighted by Crippen LogP contribution is 2.45. The van der Waals surface area contributed by atoms with Crippen LogP contribution < -0.4 is 35.4 Å². The molecule has 3 aliphatic rings. The van der Waals surface area contributed by atoms with E-state index in [9.17, 15) is 4.79 Å². The number of nitrogens with zero attached hydrogens (tertiary/aromatic N) is 2. The fourth-order valence-corrected chi connectivity index (χ4v) is 19.4. The monoisotopic (exact) mass is 1600 g/mol. The van der Waals surface area contributed by atoms with Gasteiger partial charge in [-0.05, 0) is 191 Å². The molecule has 107 heavy (non-hydrogen) atoms. The normalized spacial score (nSPS) is 24.1. The van der Waals surface area contributed by atoms with Crippen molar-refractivity contribution in [2.24, 2.45) is 5.92 Å². The molecule has 0 aromatic heterocycles. The quantitative estimate of drug-likeness (QED) is 0.0821. The van der Waals surface area contributed by atoms with E-state index in [-0.39, 0.29) is 82.8 Å². The Balaban J connectivity index is 1.91. The minimum Gasteiger partial charge on any atom is -0.544 e. The van der Waals surface area contributed by atoms with Crippen LogP contribution in [-0.4, -0.2) is 187 Å². The molecule has 7 amide bonds. The fraction of sp³-hybridized carbons (Fsp3) is 0.762. The number of carbonyl (C=O) groups is 7. The molecule has 1 unspecified atom stereocenters. The minimum atomic E-state index is -2.98. The van der Waals surface area contributed by atoms with Crippen LogP contribution in [0.3, 0.4) is 0 Å². The molecule has 0 radical (unpaired) electrons. The van der Waals surface area contributed by atoms with Crippen molar-refractivity contribution in [3.05, 3.63) is 59.7 Å². The zero-order valence-corrected chi connectivity index (χ0v) is 78.7. The summed E-state index contributed by atoms with van der Waals surface area (Å²) in [5.74, 6) is -2.92. The van der Waals surface area contributed by atoms with E-state index in [4.69, 9.17) is 31.3 Å². The summed E-state index contributed by atoms with van der Waals surface area (Å²) in [7, 11) is -15.8. The largest absolute Gasteiger partial charge is 0.544 e. The van der Waals surface area contributed by atoms with Gasteiger partial charge in [0.2, 0.25) is 52.1 Å². The third-order valence-electron chi connectivity index (χ3n) is 24.8. The second-order valence-electron chi connectivity index (χ2n) is 41.1. The smallest absolute Gasteiger partial charge is 0.408 e. The van der Waals surface area contributed by atoms with Gasteiger partial charge in [0, 0.05) is 38.4 Å². The molecule has 3 fully saturated rings. The zero-order chi connectivity index (χ0) is 82.2. The van der Waals surface area contributed by atoms with Gasteiger partial charge in [0.1, 0.15) is 53.4 Å². The van der Waals surface area contributed by atoms with Gasteiger partial charge in [-0.15, -0.1) is 0 Å². The lowest BCUT2D eigenvalue weighted by Gasteiger charge is -2.43. The van der Waals surface area contributed by atoms with E-state index in [0.29, 0.717) is 17.1 Å². The Labute approximate surface area is 652 Å². The molecule has 2 aromatic carbocycles. The summed E-state index contributed by atoms with van der Waals surface area (Å²) in [5.41, 5.74) is 0.469. The Kier molecular flexibility index (Phi) is 29.4. The van der Waals surface area contributed by atoms with Crippen LogP contribution in [-0.2, 0) is 64.0 Å². The van der Waals surface area contributed by atoms with Crippen molar-refractivity contribution in [3.8, 4) is 11.5 Å². The molecule has 0 saturated carbocycles. The van der Waals surface area contributed by atoms with E-state index in [2.05, 4.69) is 230 Å². The second kappa shape index (κ2) is 33.9. The van der Waals surface area contributed by atoms with Crippen LogP contribution in [0.4, 0.5) is 4.79 Å². The molecular weight excluding hydrogens is 1450 g/mol. The van der Waals surface area contributed by atoms with Gasteiger partial charge in [-0.25, -0.2) is 4.79 Å². The van der Waals surface area contributed by atoms with Crippen LogP contribution >= 0.6 is 0 Å². The molecule has 0 spiro atoms. The number of fused-ring (bicyclic) bond motifs is 2. The van der Waals surface area contributed by atoms with Gasteiger partial charge in [0.25, 0.3) is 0 Å². The summed E-state index contributed by atoms with van der Waals surface area (Å²) < 4.78 is 48.5. The molecule has 3 saturated heterocycles. The van der Waals surface area contributed by atoms with Gasteiger partial charge in [-0.3, -0.25) is 28.8 Å². The average molecular weight is 1600 g/mol. The van der Waals surface area contributed by atoms with Gasteiger partial charge in [-0.2, -0.15) is 0 Å². The molecule has 11 atom stereocenters. The van der Waals surface area contributed by atoms with Gasteiger partial charge in [0.05, 0.1) is 24.4 Å². The van der Waals surface area contributed by atoms with E-state index in [1.165, 1.54) is 9.80 Å². The fourth-order valence-electron chi connectivity index (χ4n) is 11.8. The predicted molar refractivity (Wildman–Crippen MR) is 446 cm³/mol. The summed E-state index contributed by atoms with van der Waals surface area (Å²) >= 11 is 0. The van der Waals surface area contributed by atoms with Gasteiger partial charge in [0.15, 0.2) is 33.3 Å². The van der Waals surface area contributed by atoms with Crippen molar-refractivity contribution >= 4 is 91.4 Å². The van der Waals surface area contributed by atoms with E-state index in [1.54, 1.807) is 27.7 Å². The van der Waals surface area contributed by atoms with Crippen molar-refractivity contribution in [1.29, 1.82) is 0 Å². The Morgan fingerprint density at radius 3 is 1.43 bits per heavy atom. The lowest BCUT2D eigenvalue weighted by Crippen LogP contribution is -2.65. The maximum atomic E-state index is 16.8. The summed E-state index contributed by atoms with van der Waals surface area (Å²) in [6, 6.07) is 6.98. The molecule has 3 heterocycles. The number of amides is 7. The predicted octanol–water partition coefficient (Wildman–Crippen LogP) is 15.5. The second-order valence-corrected chi connectivity index (χ2v) is 69.6. The molecule has 27 heteroatoms. The first-order valence-electron chi connectivity index (χ1n) is 39.2. The Hall–Kier alpha value is -4.73. The highest BCUT2D eigenvalue weighted by Gasteiger charge is 2.55. The van der Waals surface area contributed by atoms with Crippen LogP contribution in [0.2, 0.25) is 109 Å². The molecule has 0 aliphatic carbocycles. The van der Waals surface area contributed by atoms with E-state index >= 15 is 28.8 Å². The topological polar surface area (TPSA) is 251 Å². The first kappa shape index (κ1) is 92.9. The Morgan fingerprint density at radius 2 is 0.963 bits per heavy atom. The molecule has 21 nitrogen and oxygen atoms in total. The molecule has 608 valence electrons. The maximum absolute atomic E-state index is 16.8. The number of hydrogen-bond donors (Lipinski definition) is 5. The van der Waals surface area contributed by atoms with Crippen molar-refractivity contribution in [3.63, 3.8) is 0 Å². The van der Waals surface area contributed by atoms with Crippen LogP contribution in [0.25, 0.3) is 0 Å². The Morgan fingerprint density at radius 1 is 0.514 bits per heavy atom. The van der Waals surface area contributed by atoms with Crippen molar-refractivity contribution < 1.29 is 64.9 Å². The lowest BCUT2D eigenvalue weighted by molar-refractivity contribution is -0.146. The van der Waals surface area contributed by atoms with Crippen molar-refractivity contribution in [2.45, 2.75) is 366 Å². The van der Waals surface area contributed by atoms with Crippen molar-refractivity contribution in [1.82, 2.24) is 36.4 Å². The summed E-state index contributed by atoms with van der Waals surface area (Å²) in [6.07, 6.45) is -4.37. The van der Waals surface area contributed by atoms with Crippen LogP contribution in [0.1, 0.15) is 190 Å². The van der Waals surface area contributed by atoms with Gasteiger partial charge >= 0.3 is 6.09 Å². The zero-order valence-electron chi connectivity index (χ0n) is 72.7. The Bertz CT molecular complexity index is 3410. The first-order valence-corrected chi connectivity index (χ1v) is 56.6. The van der Waals surface area contributed by atoms with E-state index < -0.39 is 163 Å². The van der Waals surface area contributed by atoms with Gasteiger partial charge in [-0.1, -0.05) is 156 Å². The number of rotatable bonds is 19. The highest BCUT2D eigenvalue weighted by molar-refractivity contribution is 6.76. The molecular formula is C80H145N7O14Si6. The van der Waals surface area contributed by atoms with E-state index in [1.807, 2.05) is 55.5 Å². The first-order chi connectivity index (χ1) is 48.1. The number of hydrogen-bond acceptors (Lipinski definition) is 14. The SMILES string of the molecule is CC(O[Si](C)(C)C(C)(C)C)[C@@H]1NC(=O)[C@H]([C@@H](Cc2ccc(O[Si](C)(C)C(C)(C)C)cc2)O[Si](C)(C)C(C)(C)C)NC(=O)[C@@H]2C[C@@H](O[Si](C)(C)C(C)(C)C)CN2C(=O)[C@H](Cc2ccc(O[Si](C)(C)C(C)(C)C)cc2)NC(=O)[C@@H](NC(=O)OC(C)(C)C)CCCNC(=O)[C@@H]2[C@@H](O[Si](C)(C)C(C)(C)C)[C@@H](C)CN2C1=O. The summed E-state index contributed by atoms with van der Waals surface area (Å²) in [4.78, 5) is 114. The number of ether oxygens (including phenoxy) is 1. The van der Waals surface area contributed by atoms with Crippen LogP contribution in [0.5, 0.6) is 11.5 Å². The molecule has 0 bridgehead atoms. The molecule has 2 aromatic rings. The van der Waals surface area contributed by atoms with Crippen molar-refractivity contribution in [2.75, 3.05) is 19.6 Å². The highest BCUT2D eigenvalue weighted by atomic mass is 28.4. The molecule has 5 rings (SSSR count). The standard InChI is InChI=1S/C80H145N7O14Si6/c1-52-50-87-65(66(52)101-107(34,35)80(21,22)23)70(91)81-46-36-37-59(83-73(94)95-74(3,4)5)67(88)82-60(47-54-38-42-56(43-39-54)97-103(26,27)76(9,10)11)71(92)86-51-58(99-105(30,31)78(15,16)17)49-61(86)68(89)85-64(69(90)84-63(72(87)93)53(2)96-102(24,25)75(6,7)8)62(100-106(32,33)79(18,19)20)48-55-40-44-57(45-41-55)98-104(28,29)77(12,13)14/h38-45,52-53,58-66H,36-37,46-51H2,1-35H3,(H,81,91)(H,82,88)(H,83,94)(H,84,90)(H,85,89)/t52-,53?,58+,59-,60-,61-,62+,63-,64-,65-,66-/m0/s1. The minimum absolute atomic E-state index is 0.0109. The van der Waals surface area contributed by atoms with E-state index in [0.717, 1.165) is 5.56 Å². The van der Waals surface area contributed by atoms with Crippen LogP contribution in [0.15, 0.2) is 48.5 Å². The van der Waals surface area contributed by atoms with Gasteiger partial charge < -0.3 is 67.7 Å². The molecule has 3 aliphatic heterocycles. The lowest BCUT2D eigenvalue weighted by atomic mass is 9.99. The molecule has 5 N–H and O–H groups in total. The summed E-state index contributed by atoms with van der Waals surface area (Å²) in [5, 5.41) is 13.9. The number of carbonyl (C=O) groups excluding carboxylic acids is 7. The number of alkyl carbamates (subject to hydrolysis) is 1. The number of nitrogens with one attached hydrogen (secondary N) is 5.